The SMILES string of the molecule is O=C(C1CC1)N1CCCN(c2ccc([N+](=O)[O-])c(C(F)(F)F)c2)CC1. The van der Waals surface area contributed by atoms with E-state index in [0.29, 0.717) is 38.3 Å². The molecule has 0 bridgehead atoms. The normalized spacial score (nSPS) is 18.8. The Morgan fingerprint density at radius 3 is 2.48 bits per heavy atom. The molecule has 1 aromatic rings. The van der Waals surface area contributed by atoms with E-state index in [1.807, 2.05) is 0 Å². The first-order valence-corrected chi connectivity index (χ1v) is 8.17. The molecule has 9 heteroatoms. The minimum atomic E-state index is -4.79. The fourth-order valence-electron chi connectivity index (χ4n) is 3.09. The number of nitrogens with zero attached hydrogens (tertiary/aromatic N) is 3. The van der Waals surface area contributed by atoms with Gasteiger partial charge in [-0.15, -0.1) is 0 Å². The molecule has 0 radical (unpaired) electrons. The molecule has 1 amide bonds. The molecule has 0 aromatic heterocycles. The third-order valence-corrected chi connectivity index (χ3v) is 4.58. The first kappa shape index (κ1) is 17.5. The van der Waals surface area contributed by atoms with Gasteiger partial charge in [-0.25, -0.2) is 0 Å². The molecule has 1 saturated carbocycles. The van der Waals surface area contributed by atoms with Crippen LogP contribution in [0.2, 0.25) is 0 Å². The van der Waals surface area contributed by atoms with Crippen LogP contribution in [-0.4, -0.2) is 41.9 Å². The third kappa shape index (κ3) is 3.85. The molecule has 0 unspecified atom stereocenters. The van der Waals surface area contributed by atoms with Crippen molar-refractivity contribution in [2.75, 3.05) is 31.1 Å². The van der Waals surface area contributed by atoms with Gasteiger partial charge >= 0.3 is 6.18 Å². The number of nitro groups is 1. The fraction of sp³-hybridized carbons (Fsp3) is 0.562. The fourth-order valence-corrected chi connectivity index (χ4v) is 3.09. The maximum atomic E-state index is 13.1. The minimum Gasteiger partial charge on any atom is -0.370 e. The van der Waals surface area contributed by atoms with E-state index < -0.39 is 22.4 Å². The molecule has 0 spiro atoms. The number of anilines is 1. The maximum Gasteiger partial charge on any atom is 0.423 e. The minimum absolute atomic E-state index is 0.114. The molecule has 1 aromatic carbocycles. The second-order valence-corrected chi connectivity index (χ2v) is 6.40. The largest absolute Gasteiger partial charge is 0.423 e. The Bertz CT molecular complexity index is 689. The summed E-state index contributed by atoms with van der Waals surface area (Å²) in [7, 11) is 0. The molecule has 1 heterocycles. The summed E-state index contributed by atoms with van der Waals surface area (Å²) in [5.74, 6) is 0.240. The van der Waals surface area contributed by atoms with Gasteiger partial charge in [0.1, 0.15) is 5.56 Å². The molecule has 136 valence electrons. The summed E-state index contributed by atoms with van der Waals surface area (Å²) in [5.41, 5.74) is -1.90. The van der Waals surface area contributed by atoms with Crippen LogP contribution in [0.1, 0.15) is 24.8 Å². The standard InChI is InChI=1S/C16H18F3N3O3/c17-16(18,19)13-10-12(4-5-14(13)22(24)25)20-6-1-7-21(9-8-20)15(23)11-2-3-11/h4-5,10-11H,1-3,6-9H2. The molecule has 1 saturated heterocycles. The van der Waals surface area contributed by atoms with Gasteiger partial charge in [0.05, 0.1) is 4.92 Å². The highest BCUT2D eigenvalue weighted by molar-refractivity contribution is 5.81. The van der Waals surface area contributed by atoms with Crippen LogP contribution in [0, 0.1) is 16.0 Å². The number of rotatable bonds is 3. The van der Waals surface area contributed by atoms with Gasteiger partial charge in [-0.3, -0.25) is 14.9 Å². The van der Waals surface area contributed by atoms with E-state index in [-0.39, 0.29) is 11.8 Å². The van der Waals surface area contributed by atoms with E-state index in [1.165, 1.54) is 6.07 Å². The van der Waals surface area contributed by atoms with Crippen molar-refractivity contribution in [3.05, 3.63) is 33.9 Å². The van der Waals surface area contributed by atoms with E-state index in [1.54, 1.807) is 9.80 Å². The van der Waals surface area contributed by atoms with E-state index in [9.17, 15) is 28.1 Å². The lowest BCUT2D eigenvalue weighted by molar-refractivity contribution is -0.388. The van der Waals surface area contributed by atoms with Gasteiger partial charge in [0.2, 0.25) is 5.91 Å². The third-order valence-electron chi connectivity index (χ3n) is 4.58. The van der Waals surface area contributed by atoms with Crippen LogP contribution in [0.3, 0.4) is 0 Å². The van der Waals surface area contributed by atoms with Gasteiger partial charge in [-0.1, -0.05) is 0 Å². The summed E-state index contributed by atoms with van der Waals surface area (Å²) in [6.07, 6.45) is -2.32. The Morgan fingerprint density at radius 2 is 1.88 bits per heavy atom. The number of halogens is 3. The summed E-state index contributed by atoms with van der Waals surface area (Å²) in [6.45, 7) is 1.95. The smallest absolute Gasteiger partial charge is 0.370 e. The van der Waals surface area contributed by atoms with E-state index in [0.717, 1.165) is 25.0 Å². The zero-order valence-corrected chi connectivity index (χ0v) is 13.5. The second kappa shape index (κ2) is 6.53. The Hall–Kier alpha value is -2.32. The van der Waals surface area contributed by atoms with Crippen molar-refractivity contribution < 1.29 is 22.9 Å². The summed E-state index contributed by atoms with van der Waals surface area (Å²) >= 11 is 0. The lowest BCUT2D eigenvalue weighted by Crippen LogP contribution is -2.36. The Labute approximate surface area is 142 Å². The van der Waals surface area contributed by atoms with Crippen LogP contribution >= 0.6 is 0 Å². The topological polar surface area (TPSA) is 66.7 Å². The number of carbonyl (C=O) groups excluding carboxylic acids is 1. The highest BCUT2D eigenvalue weighted by Gasteiger charge is 2.39. The van der Waals surface area contributed by atoms with Crippen LogP contribution in [0.15, 0.2) is 18.2 Å². The predicted molar refractivity (Wildman–Crippen MR) is 84.2 cm³/mol. The molecule has 2 aliphatic rings. The van der Waals surface area contributed by atoms with Gasteiger partial charge in [0.25, 0.3) is 5.69 Å². The van der Waals surface area contributed by atoms with Crippen LogP contribution in [0.4, 0.5) is 24.5 Å². The van der Waals surface area contributed by atoms with Crippen molar-refractivity contribution in [1.29, 1.82) is 0 Å². The summed E-state index contributed by atoms with van der Waals surface area (Å²) in [6, 6.07) is 3.07. The zero-order valence-electron chi connectivity index (χ0n) is 13.5. The van der Waals surface area contributed by atoms with E-state index >= 15 is 0 Å². The molecule has 0 atom stereocenters. The van der Waals surface area contributed by atoms with Gasteiger partial charge in [-0.05, 0) is 31.4 Å². The second-order valence-electron chi connectivity index (χ2n) is 6.40. The quantitative estimate of drug-likeness (QED) is 0.616. The Kier molecular flexibility index (Phi) is 4.57. The van der Waals surface area contributed by atoms with Gasteiger partial charge in [0, 0.05) is 43.9 Å². The molecule has 3 rings (SSSR count). The lowest BCUT2D eigenvalue weighted by atomic mass is 10.1. The monoisotopic (exact) mass is 357 g/mol. The first-order chi connectivity index (χ1) is 11.8. The van der Waals surface area contributed by atoms with Crippen molar-refractivity contribution in [3.8, 4) is 0 Å². The summed E-state index contributed by atoms with van der Waals surface area (Å²) < 4.78 is 39.4. The molecule has 0 N–H and O–H groups in total. The van der Waals surface area contributed by atoms with Gasteiger partial charge < -0.3 is 9.80 Å². The highest BCUT2D eigenvalue weighted by Crippen LogP contribution is 2.38. The number of benzene rings is 1. The summed E-state index contributed by atoms with van der Waals surface area (Å²) in [5, 5.41) is 10.8. The Balaban J connectivity index is 1.79. The van der Waals surface area contributed by atoms with E-state index in [2.05, 4.69) is 0 Å². The average molecular weight is 357 g/mol. The van der Waals surface area contributed by atoms with Crippen molar-refractivity contribution in [1.82, 2.24) is 4.90 Å². The van der Waals surface area contributed by atoms with Crippen LogP contribution in [0.5, 0.6) is 0 Å². The summed E-state index contributed by atoms with van der Waals surface area (Å²) in [4.78, 5) is 25.5. The van der Waals surface area contributed by atoms with Crippen molar-refractivity contribution in [2.24, 2.45) is 5.92 Å². The van der Waals surface area contributed by atoms with Gasteiger partial charge in [0.15, 0.2) is 0 Å². The highest BCUT2D eigenvalue weighted by atomic mass is 19.4. The maximum absolute atomic E-state index is 13.1. The molecular formula is C16H18F3N3O3. The van der Waals surface area contributed by atoms with Crippen molar-refractivity contribution in [2.45, 2.75) is 25.4 Å². The number of hydrogen-bond donors (Lipinski definition) is 0. The average Bonchev–Trinajstić information content (AvgIpc) is 3.39. The van der Waals surface area contributed by atoms with Crippen molar-refractivity contribution in [3.63, 3.8) is 0 Å². The number of hydrogen-bond acceptors (Lipinski definition) is 4. The number of alkyl halides is 3. The van der Waals surface area contributed by atoms with E-state index in [4.69, 9.17) is 0 Å². The Morgan fingerprint density at radius 1 is 1.16 bits per heavy atom. The molecular weight excluding hydrogens is 339 g/mol. The van der Waals surface area contributed by atoms with Crippen molar-refractivity contribution >= 4 is 17.3 Å². The zero-order chi connectivity index (χ0) is 18.2. The predicted octanol–water partition coefficient (Wildman–Crippen LogP) is 3.06. The molecule has 1 aliphatic carbocycles. The number of carbonyl (C=O) groups is 1. The molecule has 6 nitrogen and oxygen atoms in total. The number of nitro benzene ring substituents is 1. The molecule has 2 fully saturated rings. The lowest BCUT2D eigenvalue weighted by Gasteiger charge is -2.24. The van der Waals surface area contributed by atoms with Crippen LogP contribution < -0.4 is 4.90 Å². The first-order valence-electron chi connectivity index (χ1n) is 8.17. The molecule has 25 heavy (non-hydrogen) atoms. The molecule has 1 aliphatic heterocycles. The number of amides is 1. The van der Waals surface area contributed by atoms with Crippen LogP contribution in [0.25, 0.3) is 0 Å². The van der Waals surface area contributed by atoms with Crippen LogP contribution in [-0.2, 0) is 11.0 Å². The van der Waals surface area contributed by atoms with Gasteiger partial charge in [-0.2, -0.15) is 13.2 Å².